The minimum absolute atomic E-state index is 0.0306. The Balaban J connectivity index is 1.62. The molecule has 6 nitrogen and oxygen atoms in total. The molecule has 2 heterocycles. The topological polar surface area (TPSA) is 84.2 Å². The lowest BCUT2D eigenvalue weighted by Crippen LogP contribution is -2.41. The number of ether oxygens (including phenoxy) is 1. The molecule has 1 saturated heterocycles. The predicted octanol–water partition coefficient (Wildman–Crippen LogP) is 2.05. The highest BCUT2D eigenvalue weighted by molar-refractivity contribution is 5.99. The molecule has 3 rings (SSSR count). The number of aromatic nitrogens is 2. The minimum Gasteiger partial charge on any atom is -0.378 e. The van der Waals surface area contributed by atoms with Gasteiger partial charge in [-0.05, 0) is 25.8 Å². The second-order valence-electron chi connectivity index (χ2n) is 6.03. The minimum atomic E-state index is 0.0306. The highest BCUT2D eigenvalue weighted by Crippen LogP contribution is 2.23. The Labute approximate surface area is 142 Å². The summed E-state index contributed by atoms with van der Waals surface area (Å²) < 4.78 is 5.80. The van der Waals surface area contributed by atoms with Gasteiger partial charge in [0.15, 0.2) is 0 Å². The van der Waals surface area contributed by atoms with Crippen LogP contribution in [0.3, 0.4) is 0 Å². The molecule has 1 aromatic carbocycles. The zero-order valence-corrected chi connectivity index (χ0v) is 13.8. The van der Waals surface area contributed by atoms with Gasteiger partial charge < -0.3 is 15.4 Å². The Bertz CT molecular complexity index is 648. The van der Waals surface area contributed by atoms with Crippen molar-refractivity contribution in [2.75, 3.05) is 26.2 Å². The van der Waals surface area contributed by atoms with Crippen molar-refractivity contribution in [3.8, 4) is 11.3 Å². The number of nitrogens with two attached hydrogens (primary N) is 1. The number of carbonyl (C=O) groups excluding carboxylic acids is 1. The van der Waals surface area contributed by atoms with Gasteiger partial charge >= 0.3 is 0 Å². The van der Waals surface area contributed by atoms with Crippen LogP contribution in [0.25, 0.3) is 11.3 Å². The van der Waals surface area contributed by atoms with Gasteiger partial charge in [-0.15, -0.1) is 0 Å². The van der Waals surface area contributed by atoms with Crippen molar-refractivity contribution in [3.05, 3.63) is 42.1 Å². The molecule has 0 aliphatic carbocycles. The number of hydrogen-bond donors (Lipinski definition) is 2. The molecule has 1 aliphatic heterocycles. The van der Waals surface area contributed by atoms with Gasteiger partial charge in [0.25, 0.3) is 5.91 Å². The van der Waals surface area contributed by atoms with Crippen molar-refractivity contribution >= 4 is 5.91 Å². The monoisotopic (exact) mass is 328 g/mol. The fourth-order valence-electron chi connectivity index (χ4n) is 3.00. The van der Waals surface area contributed by atoms with Crippen LogP contribution in [-0.2, 0) is 4.74 Å². The van der Waals surface area contributed by atoms with E-state index in [1.807, 2.05) is 35.2 Å². The van der Waals surface area contributed by atoms with Crippen LogP contribution in [0.1, 0.15) is 29.6 Å². The quantitative estimate of drug-likeness (QED) is 0.795. The van der Waals surface area contributed by atoms with E-state index in [1.165, 1.54) is 0 Å². The first-order valence-electron chi connectivity index (χ1n) is 8.49. The Hall–Kier alpha value is -2.18. The molecule has 0 spiro atoms. The van der Waals surface area contributed by atoms with Crippen molar-refractivity contribution in [2.24, 2.45) is 5.73 Å². The van der Waals surface area contributed by atoms with Gasteiger partial charge in [-0.1, -0.05) is 30.3 Å². The molecule has 0 bridgehead atoms. The molecule has 24 heavy (non-hydrogen) atoms. The number of carbonyl (C=O) groups is 1. The van der Waals surface area contributed by atoms with Crippen LogP contribution in [-0.4, -0.2) is 53.3 Å². The summed E-state index contributed by atoms with van der Waals surface area (Å²) in [6.07, 6.45) is 4.48. The van der Waals surface area contributed by atoms with E-state index in [2.05, 4.69) is 10.2 Å². The van der Waals surface area contributed by atoms with E-state index in [-0.39, 0.29) is 12.0 Å². The van der Waals surface area contributed by atoms with Gasteiger partial charge in [0.2, 0.25) is 0 Å². The van der Waals surface area contributed by atoms with E-state index in [9.17, 15) is 4.79 Å². The molecular weight excluding hydrogens is 304 g/mol. The van der Waals surface area contributed by atoms with Crippen LogP contribution in [0.4, 0.5) is 0 Å². The third kappa shape index (κ3) is 3.83. The molecule has 1 amide bonds. The Morgan fingerprint density at radius 1 is 1.29 bits per heavy atom. The van der Waals surface area contributed by atoms with Crippen LogP contribution >= 0.6 is 0 Å². The molecular formula is C18H24N4O2. The SMILES string of the molecule is NCCCOC1CCN(C(=O)c2cn[nH]c2-c2ccccc2)CC1. The number of nitrogens with zero attached hydrogens (tertiary/aromatic N) is 2. The maximum Gasteiger partial charge on any atom is 0.257 e. The first kappa shape index (κ1) is 16.7. The average Bonchev–Trinajstić information content (AvgIpc) is 3.12. The molecule has 0 radical (unpaired) electrons. The predicted molar refractivity (Wildman–Crippen MR) is 92.6 cm³/mol. The number of piperidine rings is 1. The summed E-state index contributed by atoms with van der Waals surface area (Å²) in [5.41, 5.74) is 7.86. The summed E-state index contributed by atoms with van der Waals surface area (Å²) >= 11 is 0. The first-order chi connectivity index (χ1) is 11.8. The van der Waals surface area contributed by atoms with Crippen molar-refractivity contribution in [1.29, 1.82) is 0 Å². The molecule has 0 unspecified atom stereocenters. The molecule has 128 valence electrons. The van der Waals surface area contributed by atoms with Gasteiger partial charge in [0.05, 0.1) is 23.6 Å². The number of H-pyrrole nitrogens is 1. The number of aromatic amines is 1. The summed E-state index contributed by atoms with van der Waals surface area (Å²) in [6, 6.07) is 9.81. The Kier molecular flexibility index (Phi) is 5.61. The number of hydrogen-bond acceptors (Lipinski definition) is 4. The van der Waals surface area contributed by atoms with Gasteiger partial charge in [0.1, 0.15) is 0 Å². The van der Waals surface area contributed by atoms with Crippen molar-refractivity contribution < 1.29 is 9.53 Å². The highest BCUT2D eigenvalue weighted by atomic mass is 16.5. The van der Waals surface area contributed by atoms with Crippen molar-refractivity contribution in [2.45, 2.75) is 25.4 Å². The fraction of sp³-hybridized carbons (Fsp3) is 0.444. The van der Waals surface area contributed by atoms with E-state index >= 15 is 0 Å². The Morgan fingerprint density at radius 2 is 2.04 bits per heavy atom. The largest absolute Gasteiger partial charge is 0.378 e. The van der Waals surface area contributed by atoms with Crippen LogP contribution in [0.2, 0.25) is 0 Å². The standard InChI is InChI=1S/C18H24N4O2/c19-9-4-12-24-15-7-10-22(11-8-15)18(23)16-13-20-21-17(16)14-5-2-1-3-6-14/h1-3,5-6,13,15H,4,7-12,19H2,(H,20,21). The number of nitrogens with one attached hydrogen (secondary N) is 1. The third-order valence-corrected chi connectivity index (χ3v) is 4.36. The summed E-state index contributed by atoms with van der Waals surface area (Å²) in [4.78, 5) is 14.7. The van der Waals surface area contributed by atoms with Gasteiger partial charge in [-0.25, -0.2) is 0 Å². The Morgan fingerprint density at radius 3 is 2.75 bits per heavy atom. The molecule has 1 fully saturated rings. The first-order valence-corrected chi connectivity index (χ1v) is 8.49. The molecule has 1 aromatic heterocycles. The fourth-order valence-corrected chi connectivity index (χ4v) is 3.00. The van der Waals surface area contributed by atoms with E-state index in [0.29, 0.717) is 31.8 Å². The lowest BCUT2D eigenvalue weighted by Gasteiger charge is -2.32. The smallest absolute Gasteiger partial charge is 0.257 e. The summed E-state index contributed by atoms with van der Waals surface area (Å²) in [5.74, 6) is 0.0306. The molecule has 3 N–H and O–H groups in total. The van der Waals surface area contributed by atoms with Crippen LogP contribution in [0.5, 0.6) is 0 Å². The molecule has 1 aliphatic rings. The normalized spacial score (nSPS) is 15.6. The van der Waals surface area contributed by atoms with E-state index in [1.54, 1.807) is 6.20 Å². The van der Waals surface area contributed by atoms with E-state index in [0.717, 1.165) is 30.5 Å². The number of amides is 1. The zero-order valence-electron chi connectivity index (χ0n) is 13.8. The second-order valence-corrected chi connectivity index (χ2v) is 6.03. The lowest BCUT2D eigenvalue weighted by atomic mass is 10.0. The van der Waals surface area contributed by atoms with E-state index in [4.69, 9.17) is 10.5 Å². The molecule has 2 aromatic rings. The molecule has 6 heteroatoms. The second kappa shape index (κ2) is 8.08. The van der Waals surface area contributed by atoms with E-state index < -0.39 is 0 Å². The van der Waals surface area contributed by atoms with Crippen LogP contribution in [0.15, 0.2) is 36.5 Å². The number of benzene rings is 1. The maximum absolute atomic E-state index is 12.8. The van der Waals surface area contributed by atoms with Gasteiger partial charge in [-0.2, -0.15) is 5.10 Å². The summed E-state index contributed by atoms with van der Waals surface area (Å²) in [6.45, 7) is 2.78. The number of likely N-dealkylation sites (tertiary alicyclic amines) is 1. The molecule has 0 saturated carbocycles. The average molecular weight is 328 g/mol. The number of rotatable bonds is 6. The van der Waals surface area contributed by atoms with Crippen molar-refractivity contribution in [1.82, 2.24) is 15.1 Å². The molecule has 0 atom stereocenters. The van der Waals surface area contributed by atoms with Crippen molar-refractivity contribution in [3.63, 3.8) is 0 Å². The van der Waals surface area contributed by atoms with Crippen LogP contribution in [0, 0.1) is 0 Å². The summed E-state index contributed by atoms with van der Waals surface area (Å²) in [7, 11) is 0. The zero-order chi connectivity index (χ0) is 16.8. The van der Waals surface area contributed by atoms with Gasteiger partial charge in [0, 0.05) is 25.3 Å². The highest BCUT2D eigenvalue weighted by Gasteiger charge is 2.26. The third-order valence-electron chi connectivity index (χ3n) is 4.36. The van der Waals surface area contributed by atoms with Gasteiger partial charge in [-0.3, -0.25) is 9.89 Å². The van der Waals surface area contributed by atoms with Crippen LogP contribution < -0.4 is 5.73 Å². The maximum atomic E-state index is 12.8. The lowest BCUT2D eigenvalue weighted by molar-refractivity contribution is 0.00847. The summed E-state index contributed by atoms with van der Waals surface area (Å²) in [5, 5.41) is 7.02.